The third kappa shape index (κ3) is 8.59. The van der Waals surface area contributed by atoms with Crippen molar-refractivity contribution in [1.82, 2.24) is 10.2 Å². The van der Waals surface area contributed by atoms with Gasteiger partial charge in [0.15, 0.2) is 0 Å². The predicted octanol–water partition coefficient (Wildman–Crippen LogP) is 6.37. The van der Waals surface area contributed by atoms with Crippen molar-refractivity contribution in [2.75, 3.05) is 5.32 Å². The molecule has 0 aromatic heterocycles. The Labute approximate surface area is 249 Å². The minimum absolute atomic E-state index is 0.0909. The molecule has 0 radical (unpaired) electrons. The van der Waals surface area contributed by atoms with Crippen LogP contribution < -0.4 is 10.6 Å². The second-order valence-corrected chi connectivity index (χ2v) is 12.0. The molecule has 3 amide bonds. The summed E-state index contributed by atoms with van der Waals surface area (Å²) in [6.07, 6.45) is -0.615. The Hall–Kier alpha value is -4.33. The van der Waals surface area contributed by atoms with Gasteiger partial charge in [-0.05, 0) is 89.8 Å². The lowest BCUT2D eigenvalue weighted by Crippen LogP contribution is -2.55. The van der Waals surface area contributed by atoms with Crippen molar-refractivity contribution >= 4 is 23.6 Å². The van der Waals surface area contributed by atoms with Gasteiger partial charge in [-0.15, -0.1) is 0 Å². The van der Waals surface area contributed by atoms with Crippen LogP contribution in [0.1, 0.15) is 68.5 Å². The van der Waals surface area contributed by atoms with Crippen LogP contribution in [0.4, 0.5) is 10.5 Å². The number of alkyl carbamates (subject to hydrolysis) is 1. The molecular weight excluding hydrogens is 530 g/mol. The standard InChI is InChI=1S/C34H43N3O5/c1-21(2)37(32(40)28(35-33(41)42-34(6,7)8)20-25-15-17-27(38)18-16-25)30(26-14-9-11-22(3)19-26)31(39)36-29-23(4)12-10-13-24(29)5/h9-19,21,28,30,38H,20H2,1-8H3,(H,35,41)(H,36,39). The van der Waals surface area contributed by atoms with Crippen molar-refractivity contribution in [1.29, 1.82) is 0 Å². The molecule has 3 aromatic rings. The van der Waals surface area contributed by atoms with Crippen LogP contribution >= 0.6 is 0 Å². The monoisotopic (exact) mass is 573 g/mol. The zero-order valence-electron chi connectivity index (χ0n) is 25.8. The van der Waals surface area contributed by atoms with Gasteiger partial charge in [-0.2, -0.15) is 0 Å². The maximum Gasteiger partial charge on any atom is 0.408 e. The van der Waals surface area contributed by atoms with Gasteiger partial charge < -0.3 is 25.4 Å². The van der Waals surface area contributed by atoms with Gasteiger partial charge in [-0.25, -0.2) is 4.79 Å². The second-order valence-electron chi connectivity index (χ2n) is 12.0. The summed E-state index contributed by atoms with van der Waals surface area (Å²) in [7, 11) is 0. The van der Waals surface area contributed by atoms with Gasteiger partial charge in [0, 0.05) is 18.2 Å². The highest BCUT2D eigenvalue weighted by Gasteiger charge is 2.38. The predicted molar refractivity (Wildman–Crippen MR) is 165 cm³/mol. The number of anilines is 1. The quantitative estimate of drug-likeness (QED) is 0.276. The smallest absolute Gasteiger partial charge is 0.408 e. The van der Waals surface area contributed by atoms with E-state index in [0.29, 0.717) is 11.3 Å². The summed E-state index contributed by atoms with van der Waals surface area (Å²) >= 11 is 0. The number of benzene rings is 3. The normalized spacial score (nSPS) is 12.8. The summed E-state index contributed by atoms with van der Waals surface area (Å²) in [5.41, 5.74) is 4.06. The molecule has 3 aromatic carbocycles. The second kappa shape index (κ2) is 13.6. The third-order valence-electron chi connectivity index (χ3n) is 6.79. The maximum absolute atomic E-state index is 14.5. The van der Waals surface area contributed by atoms with Crippen molar-refractivity contribution in [2.24, 2.45) is 0 Å². The molecule has 3 N–H and O–H groups in total. The Morgan fingerprint density at radius 2 is 1.50 bits per heavy atom. The lowest BCUT2D eigenvalue weighted by Gasteiger charge is -2.37. The van der Waals surface area contributed by atoms with E-state index < -0.39 is 35.7 Å². The Bertz CT molecular complexity index is 1390. The van der Waals surface area contributed by atoms with Gasteiger partial charge in [0.1, 0.15) is 23.4 Å². The number of aromatic hydroxyl groups is 1. The molecule has 42 heavy (non-hydrogen) atoms. The van der Waals surface area contributed by atoms with E-state index in [4.69, 9.17) is 4.74 Å². The molecule has 0 spiro atoms. The van der Waals surface area contributed by atoms with E-state index in [-0.39, 0.29) is 18.1 Å². The van der Waals surface area contributed by atoms with Crippen LogP contribution in [0.3, 0.4) is 0 Å². The Morgan fingerprint density at radius 1 is 0.905 bits per heavy atom. The van der Waals surface area contributed by atoms with E-state index in [1.54, 1.807) is 32.9 Å². The average molecular weight is 574 g/mol. The minimum atomic E-state index is -1.05. The molecule has 3 rings (SSSR count). The highest BCUT2D eigenvalue weighted by Crippen LogP contribution is 2.29. The van der Waals surface area contributed by atoms with Gasteiger partial charge in [0.05, 0.1) is 0 Å². The van der Waals surface area contributed by atoms with Gasteiger partial charge in [0.25, 0.3) is 5.91 Å². The largest absolute Gasteiger partial charge is 0.508 e. The Balaban J connectivity index is 2.08. The number of para-hydroxylation sites is 1. The fourth-order valence-corrected chi connectivity index (χ4v) is 4.86. The minimum Gasteiger partial charge on any atom is -0.508 e. The lowest BCUT2D eigenvalue weighted by atomic mass is 9.97. The number of amides is 3. The van der Waals surface area contributed by atoms with Crippen LogP contribution in [0.5, 0.6) is 5.75 Å². The van der Waals surface area contributed by atoms with Gasteiger partial charge in [-0.3, -0.25) is 9.59 Å². The molecule has 0 aliphatic rings. The van der Waals surface area contributed by atoms with Gasteiger partial charge in [0.2, 0.25) is 5.91 Å². The topological polar surface area (TPSA) is 108 Å². The Kier molecular flexibility index (Phi) is 10.4. The fourth-order valence-electron chi connectivity index (χ4n) is 4.86. The summed E-state index contributed by atoms with van der Waals surface area (Å²) in [5.74, 6) is -0.707. The number of nitrogens with zero attached hydrogens (tertiary/aromatic N) is 1. The molecule has 0 saturated carbocycles. The molecule has 8 nitrogen and oxygen atoms in total. The number of carbonyl (C=O) groups excluding carboxylic acids is 3. The molecule has 0 aliphatic heterocycles. The molecule has 0 fully saturated rings. The number of aryl methyl sites for hydroxylation is 3. The molecule has 2 unspecified atom stereocenters. The summed E-state index contributed by atoms with van der Waals surface area (Å²) in [4.78, 5) is 43.1. The molecule has 0 aliphatic carbocycles. The summed E-state index contributed by atoms with van der Waals surface area (Å²) in [6, 6.07) is 17.3. The van der Waals surface area contributed by atoms with E-state index in [9.17, 15) is 19.5 Å². The van der Waals surface area contributed by atoms with Crippen molar-refractivity contribution in [3.05, 3.63) is 94.5 Å². The zero-order valence-corrected chi connectivity index (χ0v) is 25.8. The van der Waals surface area contributed by atoms with Crippen LogP contribution in [0.25, 0.3) is 0 Å². The third-order valence-corrected chi connectivity index (χ3v) is 6.79. The Morgan fingerprint density at radius 3 is 2.05 bits per heavy atom. The van der Waals surface area contributed by atoms with Gasteiger partial charge >= 0.3 is 6.09 Å². The van der Waals surface area contributed by atoms with E-state index in [1.807, 2.05) is 77.1 Å². The van der Waals surface area contributed by atoms with Crippen molar-refractivity contribution < 1.29 is 24.2 Å². The molecule has 0 bridgehead atoms. The molecular formula is C34H43N3O5. The van der Waals surface area contributed by atoms with Crippen LogP contribution in [0.2, 0.25) is 0 Å². The number of rotatable bonds is 9. The van der Waals surface area contributed by atoms with Crippen molar-refractivity contribution in [2.45, 2.75) is 85.5 Å². The van der Waals surface area contributed by atoms with Crippen LogP contribution in [-0.2, 0) is 20.7 Å². The highest BCUT2D eigenvalue weighted by atomic mass is 16.6. The van der Waals surface area contributed by atoms with Gasteiger partial charge in [-0.1, -0.05) is 60.2 Å². The SMILES string of the molecule is Cc1cccc(C(C(=O)Nc2c(C)cccc2C)N(C(=O)C(Cc2ccc(O)cc2)NC(=O)OC(C)(C)C)C(C)C)c1. The van der Waals surface area contributed by atoms with Crippen molar-refractivity contribution in [3.63, 3.8) is 0 Å². The number of ether oxygens (including phenoxy) is 1. The number of phenolic OH excluding ortho intramolecular Hbond substituents is 1. The molecule has 0 saturated heterocycles. The maximum atomic E-state index is 14.5. The van der Waals surface area contributed by atoms with E-state index in [1.165, 1.54) is 17.0 Å². The first-order valence-electron chi connectivity index (χ1n) is 14.2. The molecule has 224 valence electrons. The van der Waals surface area contributed by atoms with E-state index in [0.717, 1.165) is 22.3 Å². The summed E-state index contributed by atoms with van der Waals surface area (Å²) < 4.78 is 5.49. The summed E-state index contributed by atoms with van der Waals surface area (Å²) in [6.45, 7) is 14.7. The van der Waals surface area contributed by atoms with Crippen molar-refractivity contribution in [3.8, 4) is 5.75 Å². The molecule has 0 heterocycles. The summed E-state index contributed by atoms with van der Waals surface area (Å²) in [5, 5.41) is 15.6. The molecule has 2 atom stereocenters. The fraction of sp³-hybridized carbons (Fsp3) is 0.382. The molecule has 8 heteroatoms. The first kappa shape index (κ1) is 32.2. The lowest BCUT2D eigenvalue weighted by molar-refractivity contribution is -0.142. The number of phenols is 1. The number of carbonyl (C=O) groups is 3. The average Bonchev–Trinajstić information content (AvgIpc) is 2.88. The van der Waals surface area contributed by atoms with Crippen LogP contribution in [0, 0.1) is 20.8 Å². The van der Waals surface area contributed by atoms with Crippen LogP contribution in [-0.4, -0.2) is 45.6 Å². The number of nitrogens with one attached hydrogen (secondary N) is 2. The van der Waals surface area contributed by atoms with E-state index in [2.05, 4.69) is 10.6 Å². The van der Waals surface area contributed by atoms with Crippen LogP contribution in [0.15, 0.2) is 66.7 Å². The number of hydrogen-bond acceptors (Lipinski definition) is 5. The highest BCUT2D eigenvalue weighted by molar-refractivity contribution is 6.00. The zero-order chi connectivity index (χ0) is 31.2. The first-order chi connectivity index (χ1) is 19.7. The number of hydrogen-bond donors (Lipinski definition) is 3. The van der Waals surface area contributed by atoms with E-state index >= 15 is 0 Å². The first-order valence-corrected chi connectivity index (χ1v) is 14.2.